The van der Waals surface area contributed by atoms with Gasteiger partial charge in [-0.05, 0) is 49.4 Å². The summed E-state index contributed by atoms with van der Waals surface area (Å²) in [5, 5.41) is 4.30. The van der Waals surface area contributed by atoms with Gasteiger partial charge in [-0.2, -0.15) is 0 Å². The molecule has 8 heteroatoms. The number of thiophene rings is 1. The van der Waals surface area contributed by atoms with E-state index in [-0.39, 0.29) is 5.91 Å². The van der Waals surface area contributed by atoms with E-state index in [1.165, 1.54) is 16.2 Å². The van der Waals surface area contributed by atoms with Crippen molar-refractivity contribution in [1.29, 1.82) is 0 Å². The number of halogens is 1. The molecule has 1 saturated heterocycles. The van der Waals surface area contributed by atoms with Crippen molar-refractivity contribution < 1.29 is 9.59 Å². The van der Waals surface area contributed by atoms with Crippen LogP contribution in [0, 0.1) is 0 Å². The number of aryl methyl sites for hydroxylation is 1. The fraction of sp³-hybridized carbons (Fsp3) is 0.429. The van der Waals surface area contributed by atoms with Crippen LogP contribution in [0.15, 0.2) is 24.3 Å². The van der Waals surface area contributed by atoms with Crippen molar-refractivity contribution in [3.05, 3.63) is 45.3 Å². The quantitative estimate of drug-likeness (QED) is 0.760. The van der Waals surface area contributed by atoms with Crippen LogP contribution in [0.25, 0.3) is 0 Å². The van der Waals surface area contributed by atoms with E-state index in [0.717, 1.165) is 68.1 Å². The van der Waals surface area contributed by atoms with Gasteiger partial charge in [-0.3, -0.25) is 14.5 Å². The number of nitrogens with zero attached hydrogens (tertiary/aromatic N) is 2. The molecule has 0 spiro atoms. The molecule has 2 amide bonds. The van der Waals surface area contributed by atoms with Crippen molar-refractivity contribution in [3.8, 4) is 0 Å². The highest BCUT2D eigenvalue weighted by molar-refractivity contribution is 7.17. The predicted molar refractivity (Wildman–Crippen MR) is 118 cm³/mol. The smallest absolute Gasteiger partial charge is 0.251 e. The van der Waals surface area contributed by atoms with Crippen molar-refractivity contribution in [2.45, 2.75) is 25.7 Å². The molecule has 4 rings (SSSR count). The highest BCUT2D eigenvalue weighted by atomic mass is 35.5. The van der Waals surface area contributed by atoms with Crippen LogP contribution >= 0.6 is 22.9 Å². The number of nitrogens with one attached hydrogen (secondary N) is 1. The molecule has 0 radical (unpaired) electrons. The lowest BCUT2D eigenvalue weighted by atomic mass is 9.95. The van der Waals surface area contributed by atoms with Crippen LogP contribution < -0.4 is 16.0 Å². The van der Waals surface area contributed by atoms with Gasteiger partial charge < -0.3 is 16.0 Å². The van der Waals surface area contributed by atoms with Gasteiger partial charge in [-0.25, -0.2) is 0 Å². The van der Waals surface area contributed by atoms with Crippen LogP contribution in [0.4, 0.5) is 10.7 Å². The maximum Gasteiger partial charge on any atom is 0.251 e. The number of primary amides is 1. The summed E-state index contributed by atoms with van der Waals surface area (Å²) in [7, 11) is 0. The van der Waals surface area contributed by atoms with E-state index < -0.39 is 5.91 Å². The third kappa shape index (κ3) is 4.57. The molecule has 29 heavy (non-hydrogen) atoms. The first-order valence-electron chi connectivity index (χ1n) is 9.98. The summed E-state index contributed by atoms with van der Waals surface area (Å²) in [4.78, 5) is 30.2. The van der Waals surface area contributed by atoms with Gasteiger partial charge in [0.15, 0.2) is 0 Å². The van der Waals surface area contributed by atoms with E-state index in [1.807, 2.05) is 18.2 Å². The topological polar surface area (TPSA) is 78.7 Å². The summed E-state index contributed by atoms with van der Waals surface area (Å²) in [6.07, 6.45) is 4.01. The van der Waals surface area contributed by atoms with Gasteiger partial charge in [0.05, 0.1) is 12.1 Å². The lowest BCUT2D eigenvalue weighted by Gasteiger charge is -2.35. The van der Waals surface area contributed by atoms with Gasteiger partial charge in [-0.1, -0.05) is 17.7 Å². The Morgan fingerprint density at radius 2 is 1.90 bits per heavy atom. The van der Waals surface area contributed by atoms with E-state index in [4.69, 9.17) is 17.3 Å². The zero-order valence-electron chi connectivity index (χ0n) is 16.2. The molecule has 1 fully saturated rings. The Labute approximate surface area is 179 Å². The molecule has 3 N–H and O–H groups in total. The van der Waals surface area contributed by atoms with E-state index in [2.05, 4.69) is 21.2 Å². The number of amides is 2. The van der Waals surface area contributed by atoms with Gasteiger partial charge in [0, 0.05) is 41.8 Å². The molecule has 6 nitrogen and oxygen atoms in total. The first-order chi connectivity index (χ1) is 14.0. The summed E-state index contributed by atoms with van der Waals surface area (Å²) in [5.41, 5.74) is 8.28. The maximum atomic E-state index is 12.6. The summed E-state index contributed by atoms with van der Waals surface area (Å²) < 4.78 is 0. The lowest BCUT2D eigenvalue weighted by Crippen LogP contribution is -2.48. The molecule has 0 unspecified atom stereocenters. The third-order valence-corrected chi connectivity index (χ3v) is 7.03. The van der Waals surface area contributed by atoms with Crippen molar-refractivity contribution in [2.75, 3.05) is 42.9 Å². The van der Waals surface area contributed by atoms with Crippen molar-refractivity contribution in [1.82, 2.24) is 4.90 Å². The number of carbonyl (C=O) groups excluding carboxylic acids is 2. The zero-order valence-corrected chi connectivity index (χ0v) is 17.8. The Bertz CT molecular complexity index is 921. The van der Waals surface area contributed by atoms with Gasteiger partial charge >= 0.3 is 0 Å². The number of piperazine rings is 1. The van der Waals surface area contributed by atoms with Gasteiger partial charge in [0.2, 0.25) is 5.91 Å². The first kappa shape index (κ1) is 20.2. The summed E-state index contributed by atoms with van der Waals surface area (Å²) >= 11 is 7.60. The van der Waals surface area contributed by atoms with Gasteiger partial charge in [-0.15, -0.1) is 11.3 Å². The van der Waals surface area contributed by atoms with E-state index in [9.17, 15) is 9.59 Å². The van der Waals surface area contributed by atoms with E-state index >= 15 is 0 Å². The van der Waals surface area contributed by atoms with Crippen LogP contribution in [0.2, 0.25) is 5.02 Å². The molecule has 154 valence electrons. The third-order valence-electron chi connectivity index (χ3n) is 5.58. The van der Waals surface area contributed by atoms with Crippen molar-refractivity contribution >= 4 is 45.4 Å². The van der Waals surface area contributed by atoms with Crippen LogP contribution in [0.1, 0.15) is 33.6 Å². The normalized spacial score (nSPS) is 17.1. The molecule has 0 bridgehead atoms. The molecule has 1 aliphatic heterocycles. The lowest BCUT2D eigenvalue weighted by molar-refractivity contribution is -0.117. The molecule has 1 aromatic heterocycles. The van der Waals surface area contributed by atoms with Crippen molar-refractivity contribution in [3.63, 3.8) is 0 Å². The van der Waals surface area contributed by atoms with Crippen LogP contribution in [-0.4, -0.2) is 49.4 Å². The largest absolute Gasteiger partial charge is 0.369 e. The monoisotopic (exact) mass is 432 g/mol. The summed E-state index contributed by atoms with van der Waals surface area (Å²) in [6.45, 7) is 3.58. The average Bonchev–Trinajstić information content (AvgIpc) is 3.06. The van der Waals surface area contributed by atoms with Crippen LogP contribution in [0.3, 0.4) is 0 Å². The Kier molecular flexibility index (Phi) is 6.08. The number of hydrogen-bond acceptors (Lipinski definition) is 5. The van der Waals surface area contributed by atoms with E-state index in [1.54, 1.807) is 0 Å². The minimum absolute atomic E-state index is 0.0951. The molecule has 0 saturated carbocycles. The fourth-order valence-electron chi connectivity index (χ4n) is 4.12. The minimum Gasteiger partial charge on any atom is -0.369 e. The number of rotatable bonds is 5. The number of nitrogens with two attached hydrogens (primary N) is 1. The number of hydrogen-bond donors (Lipinski definition) is 2. The number of anilines is 2. The maximum absolute atomic E-state index is 12.6. The summed E-state index contributed by atoms with van der Waals surface area (Å²) in [6, 6.07) is 7.84. The van der Waals surface area contributed by atoms with Gasteiger partial charge in [0.1, 0.15) is 5.00 Å². The predicted octanol–water partition coefficient (Wildman–Crippen LogP) is 3.14. The highest BCUT2D eigenvalue weighted by Crippen LogP contribution is 2.37. The van der Waals surface area contributed by atoms with Crippen molar-refractivity contribution in [2.24, 2.45) is 5.73 Å². The standard InChI is InChI=1S/C21H25ClN4O2S/c22-14-4-3-5-15(12-14)26-10-8-25(9-11-26)13-18(27)24-21-19(20(23)28)16-6-1-2-7-17(16)29-21/h3-5,12H,1-2,6-11,13H2,(H2,23,28)(H,24,27). The van der Waals surface area contributed by atoms with Crippen LogP contribution in [-0.2, 0) is 17.6 Å². The highest BCUT2D eigenvalue weighted by Gasteiger charge is 2.26. The molecular weight excluding hydrogens is 408 g/mol. The minimum atomic E-state index is -0.449. The molecular formula is C21H25ClN4O2S. The Morgan fingerprint density at radius 3 is 2.62 bits per heavy atom. The molecule has 2 aliphatic rings. The first-order valence-corrected chi connectivity index (χ1v) is 11.2. The second kappa shape index (κ2) is 8.73. The number of benzene rings is 1. The molecule has 0 atom stereocenters. The SMILES string of the molecule is NC(=O)c1c(NC(=O)CN2CCN(c3cccc(Cl)c3)CC2)sc2c1CCCC2. The second-order valence-corrected chi connectivity index (χ2v) is 9.11. The molecule has 1 aliphatic carbocycles. The van der Waals surface area contributed by atoms with Crippen LogP contribution in [0.5, 0.6) is 0 Å². The van der Waals surface area contributed by atoms with Gasteiger partial charge in [0.25, 0.3) is 5.91 Å². The average molecular weight is 433 g/mol. The number of carbonyl (C=O) groups is 2. The summed E-state index contributed by atoms with van der Waals surface area (Å²) in [5.74, 6) is -0.544. The molecule has 2 heterocycles. The molecule has 1 aromatic carbocycles. The van der Waals surface area contributed by atoms with E-state index in [0.29, 0.717) is 17.1 Å². The Balaban J connectivity index is 1.35. The Hall–Kier alpha value is -2.09. The fourth-order valence-corrected chi connectivity index (χ4v) is 5.62. The zero-order chi connectivity index (χ0) is 20.4. The Morgan fingerprint density at radius 1 is 1.14 bits per heavy atom. The second-order valence-electron chi connectivity index (χ2n) is 7.57. The number of fused-ring (bicyclic) bond motifs is 1. The molecule has 2 aromatic rings.